The van der Waals surface area contributed by atoms with Crippen LogP contribution in [0.4, 0.5) is 15.8 Å². The van der Waals surface area contributed by atoms with Crippen molar-refractivity contribution in [3.8, 4) is 0 Å². The minimum absolute atomic E-state index is 0.203. The fourth-order valence-corrected chi connectivity index (χ4v) is 2.58. The summed E-state index contributed by atoms with van der Waals surface area (Å²) in [5, 5.41) is 10.5. The van der Waals surface area contributed by atoms with Gasteiger partial charge in [-0.15, -0.1) is 5.11 Å². The zero-order valence-corrected chi connectivity index (χ0v) is 13.6. The largest absolute Gasteiger partial charge is 0.368 e. The topological polar surface area (TPSA) is 31.2 Å². The van der Waals surface area contributed by atoms with Crippen molar-refractivity contribution in [1.29, 1.82) is 0 Å². The molecule has 3 rings (SSSR count). The summed E-state index contributed by atoms with van der Waals surface area (Å²) in [5.41, 5.74) is 1.88. The monoisotopic (exact) mass is 362 g/mol. The maximum Gasteiger partial charge on any atom is 0.123 e. The third kappa shape index (κ3) is 3.82. The van der Waals surface area contributed by atoms with Crippen molar-refractivity contribution in [2.45, 2.75) is 0 Å². The Morgan fingerprint density at radius 2 is 1.50 bits per heavy atom. The molecule has 0 aliphatic carbocycles. The smallest absolute Gasteiger partial charge is 0.123 e. The van der Waals surface area contributed by atoms with Crippen molar-refractivity contribution in [3.63, 3.8) is 0 Å². The number of piperazine rings is 1. The highest BCUT2D eigenvalue weighted by Gasteiger charge is 2.16. The van der Waals surface area contributed by atoms with Crippen molar-refractivity contribution in [3.05, 3.63) is 58.8 Å². The Labute approximate surface area is 137 Å². The summed E-state index contributed by atoms with van der Waals surface area (Å²) < 4.78 is 14.0. The minimum atomic E-state index is -0.203. The summed E-state index contributed by atoms with van der Waals surface area (Å²) in [7, 11) is 0. The number of hydrogen-bond acceptors (Lipinski definition) is 3. The van der Waals surface area contributed by atoms with Crippen LogP contribution in [-0.4, -0.2) is 31.2 Å². The normalized spacial score (nSPS) is 15.5. The number of benzene rings is 2. The minimum Gasteiger partial charge on any atom is -0.368 e. The molecule has 1 aliphatic rings. The average molecular weight is 363 g/mol. The number of rotatable bonds is 3. The van der Waals surface area contributed by atoms with E-state index in [1.807, 2.05) is 41.4 Å². The van der Waals surface area contributed by atoms with Crippen LogP contribution in [0.3, 0.4) is 0 Å². The first kappa shape index (κ1) is 15.0. The molecule has 0 spiro atoms. The first-order valence-corrected chi connectivity index (χ1v) is 7.93. The first-order valence-electron chi connectivity index (χ1n) is 7.13. The van der Waals surface area contributed by atoms with E-state index < -0.39 is 0 Å². The van der Waals surface area contributed by atoms with Gasteiger partial charge in [-0.25, -0.2) is 4.39 Å². The van der Waals surface area contributed by atoms with Crippen molar-refractivity contribution < 1.29 is 4.39 Å². The van der Waals surface area contributed by atoms with Gasteiger partial charge in [-0.1, -0.05) is 21.2 Å². The second kappa shape index (κ2) is 6.87. The number of halogens is 2. The number of nitrogens with zero attached hydrogens (tertiary/aromatic N) is 4. The maximum atomic E-state index is 12.9. The van der Waals surface area contributed by atoms with Gasteiger partial charge in [0.2, 0.25) is 0 Å². The second-order valence-electron chi connectivity index (χ2n) is 5.08. The van der Waals surface area contributed by atoms with Gasteiger partial charge < -0.3 is 4.90 Å². The molecule has 0 N–H and O–H groups in total. The van der Waals surface area contributed by atoms with E-state index in [9.17, 15) is 4.39 Å². The van der Waals surface area contributed by atoms with Gasteiger partial charge in [0.05, 0.1) is 18.8 Å². The predicted molar refractivity (Wildman–Crippen MR) is 88.8 cm³/mol. The van der Waals surface area contributed by atoms with Crippen LogP contribution in [0.2, 0.25) is 0 Å². The first-order chi connectivity index (χ1) is 10.7. The molecule has 22 heavy (non-hydrogen) atoms. The van der Waals surface area contributed by atoms with Gasteiger partial charge in [-0.05, 0) is 48.5 Å². The molecule has 1 saturated heterocycles. The van der Waals surface area contributed by atoms with E-state index in [2.05, 4.69) is 31.2 Å². The highest BCUT2D eigenvalue weighted by Crippen LogP contribution is 2.19. The van der Waals surface area contributed by atoms with Gasteiger partial charge in [0, 0.05) is 23.2 Å². The molecule has 2 aromatic carbocycles. The van der Waals surface area contributed by atoms with Crippen LogP contribution >= 0.6 is 15.9 Å². The van der Waals surface area contributed by atoms with E-state index in [-0.39, 0.29) is 5.82 Å². The predicted octanol–water partition coefficient (Wildman–Crippen LogP) is 4.41. The zero-order chi connectivity index (χ0) is 15.4. The van der Waals surface area contributed by atoms with E-state index in [0.29, 0.717) is 0 Å². The number of hydrogen-bond donors (Lipinski definition) is 0. The van der Waals surface area contributed by atoms with Gasteiger partial charge in [-0.2, -0.15) is 0 Å². The van der Waals surface area contributed by atoms with Crippen LogP contribution in [0.1, 0.15) is 0 Å². The van der Waals surface area contributed by atoms with Gasteiger partial charge in [0.1, 0.15) is 5.82 Å². The Balaban J connectivity index is 1.55. The van der Waals surface area contributed by atoms with Crippen LogP contribution in [-0.2, 0) is 0 Å². The van der Waals surface area contributed by atoms with E-state index in [1.165, 1.54) is 12.1 Å². The summed E-state index contributed by atoms with van der Waals surface area (Å²) in [4.78, 5) is 2.23. The van der Waals surface area contributed by atoms with Crippen LogP contribution in [0.15, 0.2) is 63.3 Å². The van der Waals surface area contributed by atoms with Gasteiger partial charge >= 0.3 is 0 Å². The van der Waals surface area contributed by atoms with Crippen molar-refractivity contribution >= 4 is 27.3 Å². The number of anilines is 1. The highest BCUT2D eigenvalue weighted by molar-refractivity contribution is 9.10. The van der Waals surface area contributed by atoms with Crippen LogP contribution in [0, 0.1) is 5.82 Å². The Morgan fingerprint density at radius 3 is 2.14 bits per heavy atom. The highest BCUT2D eigenvalue weighted by atomic mass is 79.9. The molecular weight excluding hydrogens is 347 g/mol. The molecule has 0 bridgehead atoms. The quantitative estimate of drug-likeness (QED) is 0.757. The van der Waals surface area contributed by atoms with Crippen molar-refractivity contribution in [2.24, 2.45) is 10.3 Å². The molecule has 0 unspecified atom stereocenters. The summed E-state index contributed by atoms with van der Waals surface area (Å²) in [5.74, 6) is -0.203. The summed E-state index contributed by atoms with van der Waals surface area (Å²) >= 11 is 3.39. The van der Waals surface area contributed by atoms with Crippen molar-refractivity contribution in [1.82, 2.24) is 5.01 Å². The molecular formula is C16H16BrFN4. The summed E-state index contributed by atoms with van der Waals surface area (Å²) in [6.45, 7) is 3.31. The third-order valence-corrected chi connectivity index (χ3v) is 4.09. The lowest BCUT2D eigenvalue weighted by atomic mass is 10.2. The van der Waals surface area contributed by atoms with Crippen LogP contribution in [0.5, 0.6) is 0 Å². The maximum absolute atomic E-state index is 12.9. The summed E-state index contributed by atoms with van der Waals surface area (Å²) in [6, 6.07) is 14.3. The van der Waals surface area contributed by atoms with E-state index in [0.717, 1.165) is 42.0 Å². The lowest BCUT2D eigenvalue weighted by Crippen LogP contribution is -2.43. The zero-order valence-electron chi connectivity index (χ0n) is 12.0. The molecule has 1 aliphatic heterocycles. The van der Waals surface area contributed by atoms with E-state index in [4.69, 9.17) is 0 Å². The van der Waals surface area contributed by atoms with Crippen LogP contribution < -0.4 is 4.90 Å². The van der Waals surface area contributed by atoms with Crippen LogP contribution in [0.25, 0.3) is 0 Å². The molecule has 1 fully saturated rings. The standard InChI is InChI=1S/C16H16BrFN4/c17-13-1-5-15(6-2-13)19-20-22-11-9-21(10-12-22)16-7-3-14(18)4-8-16/h1-8H,9-12H2. The lowest BCUT2D eigenvalue weighted by molar-refractivity contribution is 0.254. The Bertz CT molecular complexity index is 634. The molecule has 114 valence electrons. The average Bonchev–Trinajstić information content (AvgIpc) is 2.56. The summed E-state index contributed by atoms with van der Waals surface area (Å²) in [6.07, 6.45) is 0. The molecule has 6 heteroatoms. The molecule has 0 radical (unpaired) electrons. The Hall–Kier alpha value is -1.95. The van der Waals surface area contributed by atoms with Crippen molar-refractivity contribution in [2.75, 3.05) is 31.1 Å². The van der Waals surface area contributed by atoms with Gasteiger partial charge in [0.15, 0.2) is 0 Å². The molecule has 0 aromatic heterocycles. The SMILES string of the molecule is Fc1ccc(N2CCN(N=Nc3ccc(Br)cc3)CC2)cc1. The fourth-order valence-electron chi connectivity index (χ4n) is 2.32. The van der Waals surface area contributed by atoms with E-state index in [1.54, 1.807) is 0 Å². The van der Waals surface area contributed by atoms with Gasteiger partial charge in [-0.3, -0.25) is 5.01 Å². The third-order valence-electron chi connectivity index (χ3n) is 3.56. The van der Waals surface area contributed by atoms with E-state index >= 15 is 0 Å². The molecule has 2 aromatic rings. The fraction of sp³-hybridized carbons (Fsp3) is 0.250. The Kier molecular flexibility index (Phi) is 4.68. The molecule has 4 nitrogen and oxygen atoms in total. The molecule has 0 atom stereocenters. The lowest BCUT2D eigenvalue weighted by Gasteiger charge is -2.33. The molecule has 1 heterocycles. The van der Waals surface area contributed by atoms with Gasteiger partial charge in [0.25, 0.3) is 0 Å². The molecule has 0 amide bonds. The Morgan fingerprint density at radius 1 is 0.864 bits per heavy atom. The molecule has 0 saturated carbocycles. The second-order valence-corrected chi connectivity index (χ2v) is 6.00.